The van der Waals surface area contributed by atoms with Crippen LogP contribution in [0.2, 0.25) is 0 Å². The Morgan fingerprint density at radius 1 is 1.30 bits per heavy atom. The first kappa shape index (κ1) is 19.5. The van der Waals surface area contributed by atoms with Gasteiger partial charge >= 0.3 is 0 Å². The van der Waals surface area contributed by atoms with Crippen molar-refractivity contribution >= 4 is 42.4 Å². The van der Waals surface area contributed by atoms with Gasteiger partial charge in [-0.2, -0.15) is 5.10 Å². The molecule has 1 amide bonds. The summed E-state index contributed by atoms with van der Waals surface area (Å²) in [5.41, 5.74) is 3.15. The molecule has 1 aromatic carbocycles. The molecule has 0 spiro atoms. The van der Waals surface area contributed by atoms with Gasteiger partial charge < -0.3 is 4.74 Å². The van der Waals surface area contributed by atoms with Crippen LogP contribution in [-0.2, 0) is 22.7 Å². The Labute approximate surface area is 178 Å². The Bertz CT molecular complexity index is 1250. The fourth-order valence-electron chi connectivity index (χ4n) is 4.32. The van der Waals surface area contributed by atoms with Gasteiger partial charge in [0, 0.05) is 11.3 Å². The highest BCUT2D eigenvalue weighted by molar-refractivity contribution is 7.91. The van der Waals surface area contributed by atoms with Crippen LogP contribution in [0.1, 0.15) is 47.1 Å². The Hall–Kier alpha value is -2.46. The summed E-state index contributed by atoms with van der Waals surface area (Å²) in [4.78, 5) is 17.6. The number of nitrogens with one attached hydrogen (secondary N) is 1. The molecular weight excluding hydrogens is 424 g/mol. The van der Waals surface area contributed by atoms with Crippen molar-refractivity contribution in [3.8, 4) is 5.75 Å². The van der Waals surface area contributed by atoms with Gasteiger partial charge in [0.1, 0.15) is 5.75 Å². The minimum atomic E-state index is -3.03. The zero-order chi connectivity index (χ0) is 20.9. The summed E-state index contributed by atoms with van der Waals surface area (Å²) in [6.07, 6.45) is 4.20. The topological polar surface area (TPSA) is 103 Å². The van der Waals surface area contributed by atoms with Crippen LogP contribution in [0.3, 0.4) is 0 Å². The number of aromatic nitrogens is 3. The van der Waals surface area contributed by atoms with E-state index in [2.05, 4.69) is 15.4 Å². The summed E-state index contributed by atoms with van der Waals surface area (Å²) in [7, 11) is -1.42. The number of sulfone groups is 1. The Kier molecular flexibility index (Phi) is 4.78. The van der Waals surface area contributed by atoms with Gasteiger partial charge in [-0.25, -0.2) is 13.4 Å². The Balaban J connectivity index is 1.45. The third-order valence-electron chi connectivity index (χ3n) is 5.79. The van der Waals surface area contributed by atoms with E-state index < -0.39 is 9.84 Å². The van der Waals surface area contributed by atoms with E-state index in [4.69, 9.17) is 4.74 Å². The molecule has 1 atom stereocenters. The number of fused-ring (bicyclic) bond motifs is 2. The van der Waals surface area contributed by atoms with Crippen molar-refractivity contribution in [3.63, 3.8) is 0 Å². The maximum atomic E-state index is 13.1. The van der Waals surface area contributed by atoms with Crippen LogP contribution in [0.15, 0.2) is 18.2 Å². The highest BCUT2D eigenvalue weighted by atomic mass is 32.2. The molecular formula is C20H22N4O4S2. The van der Waals surface area contributed by atoms with Crippen LogP contribution in [0.4, 0.5) is 5.13 Å². The molecule has 1 saturated heterocycles. The predicted molar refractivity (Wildman–Crippen MR) is 115 cm³/mol. The number of rotatable bonds is 4. The van der Waals surface area contributed by atoms with Crippen molar-refractivity contribution in [3.05, 3.63) is 35.2 Å². The number of benzene rings is 1. The van der Waals surface area contributed by atoms with E-state index >= 15 is 0 Å². The number of hydrogen-bond acceptors (Lipinski definition) is 7. The van der Waals surface area contributed by atoms with Gasteiger partial charge in [-0.05, 0) is 50.3 Å². The van der Waals surface area contributed by atoms with Gasteiger partial charge in [0.2, 0.25) is 0 Å². The third kappa shape index (κ3) is 3.47. The van der Waals surface area contributed by atoms with E-state index in [-0.39, 0.29) is 23.5 Å². The van der Waals surface area contributed by atoms with E-state index in [1.54, 1.807) is 7.11 Å². The average molecular weight is 447 g/mol. The zero-order valence-electron chi connectivity index (χ0n) is 16.6. The molecule has 0 bridgehead atoms. The molecule has 158 valence electrons. The van der Waals surface area contributed by atoms with Gasteiger partial charge in [-0.1, -0.05) is 11.3 Å². The number of thiazole rings is 1. The van der Waals surface area contributed by atoms with Crippen molar-refractivity contribution in [2.45, 2.75) is 38.1 Å². The molecule has 1 fully saturated rings. The average Bonchev–Trinajstić information content (AvgIpc) is 3.41. The molecule has 2 aliphatic rings. The van der Waals surface area contributed by atoms with Crippen LogP contribution in [0.25, 0.3) is 10.2 Å². The molecule has 1 N–H and O–H groups in total. The number of amides is 1. The quantitative estimate of drug-likeness (QED) is 0.661. The number of ether oxygens (including phenoxy) is 1. The molecule has 1 aliphatic heterocycles. The third-order valence-corrected chi connectivity index (χ3v) is 8.48. The normalized spacial score (nSPS) is 20.2. The molecule has 5 rings (SSSR count). The molecule has 0 saturated carbocycles. The molecule has 10 heteroatoms. The van der Waals surface area contributed by atoms with Gasteiger partial charge in [0.15, 0.2) is 20.7 Å². The lowest BCUT2D eigenvalue weighted by atomic mass is 9.95. The summed E-state index contributed by atoms with van der Waals surface area (Å²) in [6, 6.07) is 5.40. The molecule has 8 nitrogen and oxygen atoms in total. The number of carbonyl (C=O) groups excluding carboxylic acids is 1. The van der Waals surface area contributed by atoms with E-state index in [0.717, 1.165) is 52.9 Å². The van der Waals surface area contributed by atoms with Gasteiger partial charge in [-0.15, -0.1) is 0 Å². The Morgan fingerprint density at radius 3 is 2.90 bits per heavy atom. The monoisotopic (exact) mass is 446 g/mol. The van der Waals surface area contributed by atoms with E-state index in [1.165, 1.54) is 11.3 Å². The molecule has 3 heterocycles. The lowest BCUT2D eigenvalue weighted by molar-refractivity contribution is 0.102. The largest absolute Gasteiger partial charge is 0.497 e. The Morgan fingerprint density at radius 2 is 2.13 bits per heavy atom. The number of hydrogen-bond donors (Lipinski definition) is 1. The van der Waals surface area contributed by atoms with Crippen molar-refractivity contribution < 1.29 is 17.9 Å². The first-order chi connectivity index (χ1) is 14.4. The standard InChI is InChI=1S/C20H22N4O4S2/c1-28-13-6-7-15-17(10-13)29-20(21-15)22-19(25)18-14-4-2-3-5-16(14)24(23-18)12-8-9-30(26,27)11-12/h6-7,10,12H,2-5,8-9,11H2,1H3,(H,21,22,25)/t12-/m0/s1. The van der Waals surface area contributed by atoms with E-state index in [0.29, 0.717) is 17.2 Å². The minimum Gasteiger partial charge on any atom is -0.497 e. The summed E-state index contributed by atoms with van der Waals surface area (Å²) in [5.74, 6) is 0.729. The molecule has 30 heavy (non-hydrogen) atoms. The summed E-state index contributed by atoms with van der Waals surface area (Å²) in [5, 5.41) is 8.01. The number of methoxy groups -OCH3 is 1. The number of anilines is 1. The lowest BCUT2D eigenvalue weighted by Gasteiger charge is -2.17. The predicted octanol–water partition coefficient (Wildman–Crippen LogP) is 2.99. The smallest absolute Gasteiger partial charge is 0.278 e. The van der Waals surface area contributed by atoms with Crippen molar-refractivity contribution in [2.24, 2.45) is 0 Å². The van der Waals surface area contributed by atoms with Crippen molar-refractivity contribution in [2.75, 3.05) is 23.9 Å². The van der Waals surface area contributed by atoms with Crippen LogP contribution >= 0.6 is 11.3 Å². The van der Waals surface area contributed by atoms with Crippen LogP contribution in [-0.4, -0.2) is 47.7 Å². The SMILES string of the molecule is COc1ccc2nc(NC(=O)c3nn([C@H]4CCS(=O)(=O)C4)c4c3CCCC4)sc2c1. The number of carbonyl (C=O) groups is 1. The second kappa shape index (κ2) is 7.35. The van der Waals surface area contributed by atoms with Gasteiger partial charge in [0.05, 0.1) is 34.9 Å². The highest BCUT2D eigenvalue weighted by Gasteiger charge is 2.34. The van der Waals surface area contributed by atoms with Crippen LogP contribution in [0.5, 0.6) is 5.75 Å². The van der Waals surface area contributed by atoms with Gasteiger partial charge in [0.25, 0.3) is 5.91 Å². The van der Waals surface area contributed by atoms with Crippen molar-refractivity contribution in [1.82, 2.24) is 14.8 Å². The van der Waals surface area contributed by atoms with Crippen LogP contribution < -0.4 is 10.1 Å². The molecule has 0 unspecified atom stereocenters. The van der Waals surface area contributed by atoms with E-state index in [1.807, 2.05) is 22.9 Å². The first-order valence-corrected chi connectivity index (χ1v) is 12.6. The fourth-order valence-corrected chi connectivity index (χ4v) is 6.90. The zero-order valence-corrected chi connectivity index (χ0v) is 18.2. The lowest BCUT2D eigenvalue weighted by Crippen LogP contribution is -2.17. The summed E-state index contributed by atoms with van der Waals surface area (Å²) in [6.45, 7) is 0. The molecule has 2 aromatic heterocycles. The highest BCUT2D eigenvalue weighted by Crippen LogP contribution is 2.33. The maximum Gasteiger partial charge on any atom is 0.278 e. The molecule has 0 radical (unpaired) electrons. The fraction of sp³-hybridized carbons (Fsp3) is 0.450. The molecule has 3 aromatic rings. The summed E-state index contributed by atoms with van der Waals surface area (Å²) >= 11 is 1.38. The van der Waals surface area contributed by atoms with Gasteiger partial charge in [-0.3, -0.25) is 14.8 Å². The van der Waals surface area contributed by atoms with Crippen LogP contribution in [0, 0.1) is 0 Å². The second-order valence-corrected chi connectivity index (χ2v) is 11.0. The maximum absolute atomic E-state index is 13.1. The second-order valence-electron chi connectivity index (χ2n) is 7.79. The first-order valence-electron chi connectivity index (χ1n) is 10.00. The molecule has 1 aliphatic carbocycles. The van der Waals surface area contributed by atoms with Crippen molar-refractivity contribution in [1.29, 1.82) is 0 Å². The number of nitrogens with zero attached hydrogens (tertiary/aromatic N) is 3. The minimum absolute atomic E-state index is 0.0991. The van der Waals surface area contributed by atoms with E-state index in [9.17, 15) is 13.2 Å². The summed E-state index contributed by atoms with van der Waals surface area (Å²) < 4.78 is 31.9.